The van der Waals surface area contributed by atoms with Gasteiger partial charge in [-0.2, -0.15) is 0 Å². The second-order valence-corrected chi connectivity index (χ2v) is 6.36. The highest BCUT2D eigenvalue weighted by molar-refractivity contribution is 7.15. The molecule has 2 aromatic rings. The Morgan fingerprint density at radius 2 is 2.19 bits per heavy atom. The lowest BCUT2D eigenvalue weighted by Gasteiger charge is -1.95. The average Bonchev–Trinajstić information content (AvgIpc) is 2.97. The van der Waals surface area contributed by atoms with Crippen LogP contribution in [-0.2, 0) is 24.6 Å². The van der Waals surface area contributed by atoms with Gasteiger partial charge in [0.15, 0.2) is 5.82 Å². The number of hydrogen-bond acceptors (Lipinski definition) is 5. The quantitative estimate of drug-likeness (QED) is 0.646. The molecule has 1 aliphatic rings. The van der Waals surface area contributed by atoms with Crippen molar-refractivity contribution in [1.29, 1.82) is 0 Å². The predicted molar refractivity (Wildman–Crippen MR) is 81.5 cm³/mol. The maximum absolute atomic E-state index is 11.7. The van der Waals surface area contributed by atoms with Crippen LogP contribution in [0.3, 0.4) is 0 Å². The van der Waals surface area contributed by atoms with Crippen molar-refractivity contribution < 1.29 is 9.53 Å². The second-order valence-electron chi connectivity index (χ2n) is 5.22. The largest absolute Gasteiger partial charge is 0.460 e. The summed E-state index contributed by atoms with van der Waals surface area (Å²) in [5.74, 6) is 0.423. The standard InChI is InChI=1S/C15H19N3O2S/c1-3-20-15(19)13-16-14(18(2)17-13)12-9-10-7-5-4-6-8-11(10)21-12/h9H,3-8H2,1-2H3. The summed E-state index contributed by atoms with van der Waals surface area (Å²) >= 11 is 1.78. The first-order valence-electron chi connectivity index (χ1n) is 7.39. The SMILES string of the molecule is CCOC(=O)c1nc(-c2cc3c(s2)CCCCC3)n(C)n1. The van der Waals surface area contributed by atoms with Crippen LogP contribution >= 0.6 is 11.3 Å². The van der Waals surface area contributed by atoms with E-state index in [9.17, 15) is 4.79 Å². The van der Waals surface area contributed by atoms with E-state index in [2.05, 4.69) is 16.1 Å². The number of aryl methyl sites for hydroxylation is 3. The molecule has 0 fully saturated rings. The van der Waals surface area contributed by atoms with E-state index in [4.69, 9.17) is 4.74 Å². The Hall–Kier alpha value is -1.69. The summed E-state index contributed by atoms with van der Waals surface area (Å²) in [5, 5.41) is 4.17. The molecular weight excluding hydrogens is 286 g/mol. The summed E-state index contributed by atoms with van der Waals surface area (Å²) in [5.41, 5.74) is 1.44. The molecule has 3 rings (SSSR count). The van der Waals surface area contributed by atoms with E-state index in [1.807, 2.05) is 7.05 Å². The third kappa shape index (κ3) is 2.85. The van der Waals surface area contributed by atoms with E-state index in [0.717, 1.165) is 23.5 Å². The molecule has 0 aliphatic heterocycles. The summed E-state index contributed by atoms with van der Waals surface area (Å²) in [6.07, 6.45) is 6.14. The maximum Gasteiger partial charge on any atom is 0.378 e. The summed E-state index contributed by atoms with van der Waals surface area (Å²) in [6.45, 7) is 2.11. The van der Waals surface area contributed by atoms with Crippen LogP contribution in [0.5, 0.6) is 0 Å². The molecule has 0 unspecified atom stereocenters. The van der Waals surface area contributed by atoms with Gasteiger partial charge in [0.25, 0.3) is 5.82 Å². The third-order valence-corrected chi connectivity index (χ3v) is 4.92. The van der Waals surface area contributed by atoms with Crippen LogP contribution in [0, 0.1) is 0 Å². The fourth-order valence-corrected chi connectivity index (χ4v) is 3.93. The van der Waals surface area contributed by atoms with Crippen LogP contribution in [0.4, 0.5) is 0 Å². The predicted octanol–water partition coefficient (Wildman–Crippen LogP) is 2.99. The normalized spacial score (nSPS) is 14.6. The minimum Gasteiger partial charge on any atom is -0.460 e. The molecule has 0 N–H and O–H groups in total. The van der Waals surface area contributed by atoms with Gasteiger partial charge in [-0.15, -0.1) is 16.4 Å². The zero-order chi connectivity index (χ0) is 14.8. The van der Waals surface area contributed by atoms with Crippen LogP contribution in [0.1, 0.15) is 47.2 Å². The van der Waals surface area contributed by atoms with E-state index >= 15 is 0 Å². The Kier molecular flexibility index (Phi) is 4.05. The molecule has 0 bridgehead atoms. The molecule has 0 aromatic carbocycles. The highest BCUT2D eigenvalue weighted by atomic mass is 32.1. The average molecular weight is 305 g/mol. The molecule has 5 nitrogen and oxygen atoms in total. The number of esters is 1. The highest BCUT2D eigenvalue weighted by Gasteiger charge is 2.20. The lowest BCUT2D eigenvalue weighted by atomic mass is 10.1. The van der Waals surface area contributed by atoms with Crippen molar-refractivity contribution in [1.82, 2.24) is 14.8 Å². The Labute approximate surface area is 128 Å². The van der Waals surface area contributed by atoms with E-state index in [-0.39, 0.29) is 5.82 Å². The zero-order valence-electron chi connectivity index (χ0n) is 12.4. The fourth-order valence-electron chi connectivity index (χ4n) is 2.66. The van der Waals surface area contributed by atoms with Gasteiger partial charge in [0.2, 0.25) is 0 Å². The van der Waals surface area contributed by atoms with Gasteiger partial charge in [0.1, 0.15) is 0 Å². The van der Waals surface area contributed by atoms with Gasteiger partial charge < -0.3 is 4.74 Å². The van der Waals surface area contributed by atoms with Crippen LogP contribution in [0.2, 0.25) is 0 Å². The summed E-state index contributed by atoms with van der Waals surface area (Å²) in [6, 6.07) is 2.21. The fraction of sp³-hybridized carbons (Fsp3) is 0.533. The number of carbonyl (C=O) groups is 1. The van der Waals surface area contributed by atoms with Crippen LogP contribution < -0.4 is 0 Å². The van der Waals surface area contributed by atoms with Crippen molar-refractivity contribution in [2.45, 2.75) is 39.0 Å². The van der Waals surface area contributed by atoms with Gasteiger partial charge in [-0.3, -0.25) is 0 Å². The molecular formula is C15H19N3O2S. The molecule has 0 radical (unpaired) electrons. The maximum atomic E-state index is 11.7. The monoisotopic (exact) mass is 305 g/mol. The van der Waals surface area contributed by atoms with Gasteiger partial charge in [0.05, 0.1) is 11.5 Å². The molecule has 0 spiro atoms. The topological polar surface area (TPSA) is 57.0 Å². The van der Waals surface area contributed by atoms with Crippen molar-refractivity contribution in [3.63, 3.8) is 0 Å². The van der Waals surface area contributed by atoms with Gasteiger partial charge in [-0.05, 0) is 44.2 Å². The lowest BCUT2D eigenvalue weighted by Crippen LogP contribution is -2.07. The van der Waals surface area contributed by atoms with E-state index in [1.54, 1.807) is 22.9 Å². The number of aromatic nitrogens is 3. The number of rotatable bonds is 3. The highest BCUT2D eigenvalue weighted by Crippen LogP contribution is 2.34. The van der Waals surface area contributed by atoms with Crippen LogP contribution in [0.25, 0.3) is 10.7 Å². The van der Waals surface area contributed by atoms with E-state index in [0.29, 0.717) is 6.61 Å². The van der Waals surface area contributed by atoms with Gasteiger partial charge in [-0.25, -0.2) is 14.5 Å². The Balaban J connectivity index is 1.92. The van der Waals surface area contributed by atoms with Gasteiger partial charge >= 0.3 is 5.97 Å². The molecule has 112 valence electrons. The van der Waals surface area contributed by atoms with E-state index < -0.39 is 5.97 Å². The van der Waals surface area contributed by atoms with Crippen LogP contribution in [0.15, 0.2) is 6.07 Å². The molecule has 6 heteroatoms. The molecule has 2 heterocycles. The number of ether oxygens (including phenoxy) is 1. The third-order valence-electron chi connectivity index (χ3n) is 3.69. The van der Waals surface area contributed by atoms with Crippen LogP contribution in [-0.4, -0.2) is 27.3 Å². The first kappa shape index (κ1) is 14.3. The van der Waals surface area contributed by atoms with E-state index in [1.165, 1.54) is 29.7 Å². The number of carbonyl (C=O) groups excluding carboxylic acids is 1. The lowest BCUT2D eigenvalue weighted by molar-refractivity contribution is 0.0512. The van der Waals surface area contributed by atoms with Crippen molar-refractivity contribution in [2.24, 2.45) is 7.05 Å². The zero-order valence-corrected chi connectivity index (χ0v) is 13.2. The van der Waals surface area contributed by atoms with Crippen molar-refractivity contribution in [3.05, 3.63) is 22.3 Å². The number of hydrogen-bond donors (Lipinski definition) is 0. The molecule has 0 atom stereocenters. The Morgan fingerprint density at radius 3 is 3.00 bits per heavy atom. The molecule has 0 amide bonds. The van der Waals surface area contributed by atoms with Crippen molar-refractivity contribution in [2.75, 3.05) is 6.61 Å². The molecule has 0 saturated carbocycles. The second kappa shape index (κ2) is 5.97. The molecule has 2 aromatic heterocycles. The minimum atomic E-state index is -0.461. The summed E-state index contributed by atoms with van der Waals surface area (Å²) in [4.78, 5) is 18.6. The Bertz CT molecular complexity index is 636. The summed E-state index contributed by atoms with van der Waals surface area (Å²) < 4.78 is 6.62. The minimum absolute atomic E-state index is 0.137. The molecule has 1 aliphatic carbocycles. The smallest absolute Gasteiger partial charge is 0.378 e. The summed E-state index contributed by atoms with van der Waals surface area (Å²) in [7, 11) is 1.82. The molecule has 0 saturated heterocycles. The first-order valence-corrected chi connectivity index (χ1v) is 8.20. The number of thiophene rings is 1. The van der Waals surface area contributed by atoms with Crippen molar-refractivity contribution in [3.8, 4) is 10.7 Å². The first-order chi connectivity index (χ1) is 10.2. The Morgan fingerprint density at radius 1 is 1.38 bits per heavy atom. The van der Waals surface area contributed by atoms with Crippen molar-refractivity contribution >= 4 is 17.3 Å². The van der Waals surface area contributed by atoms with Gasteiger partial charge in [0, 0.05) is 11.9 Å². The van der Waals surface area contributed by atoms with Gasteiger partial charge in [-0.1, -0.05) is 6.42 Å². The molecule has 21 heavy (non-hydrogen) atoms. The number of nitrogens with zero attached hydrogens (tertiary/aromatic N) is 3. The number of fused-ring (bicyclic) bond motifs is 1.